The van der Waals surface area contributed by atoms with Gasteiger partial charge in [-0.05, 0) is 55.5 Å². The Bertz CT molecular complexity index is 941. The first-order valence-electron chi connectivity index (χ1n) is 8.44. The van der Waals surface area contributed by atoms with E-state index in [1.807, 2.05) is 0 Å². The minimum atomic E-state index is -3.71. The van der Waals surface area contributed by atoms with Crippen LogP contribution in [-0.4, -0.2) is 39.6 Å². The largest absolute Gasteiger partial charge is 0.497 e. The van der Waals surface area contributed by atoms with E-state index in [-0.39, 0.29) is 5.91 Å². The van der Waals surface area contributed by atoms with Gasteiger partial charge in [0.15, 0.2) is 0 Å². The van der Waals surface area contributed by atoms with Crippen molar-refractivity contribution < 1.29 is 22.7 Å². The van der Waals surface area contributed by atoms with Gasteiger partial charge in [0, 0.05) is 18.3 Å². The Kier molecular flexibility index (Phi) is 6.63. The number of benzene rings is 2. The SMILES string of the molecule is COc1ccc(N([C@H](C)C(=O)Nc2ccc(NC(C)=O)cc2)S(C)(=O)=O)cc1. The standard InChI is InChI=1S/C19H23N3O5S/c1-13(19(24)21-16-7-5-15(6-8-16)20-14(2)23)22(28(4,25)26)17-9-11-18(27-3)12-10-17/h5-13H,1-4H3,(H,20,23)(H,21,24)/t13-/m1/s1. The monoisotopic (exact) mass is 405 g/mol. The van der Waals surface area contributed by atoms with Crippen molar-refractivity contribution in [2.24, 2.45) is 0 Å². The molecule has 0 bridgehead atoms. The molecule has 2 N–H and O–H groups in total. The number of amides is 2. The molecule has 0 aliphatic heterocycles. The molecule has 0 saturated carbocycles. The van der Waals surface area contributed by atoms with Crippen LogP contribution in [0.2, 0.25) is 0 Å². The quantitative estimate of drug-likeness (QED) is 0.736. The van der Waals surface area contributed by atoms with E-state index in [1.165, 1.54) is 21.0 Å². The van der Waals surface area contributed by atoms with Gasteiger partial charge in [0.2, 0.25) is 21.8 Å². The zero-order chi connectivity index (χ0) is 20.9. The molecular formula is C19H23N3O5S. The van der Waals surface area contributed by atoms with Crippen molar-refractivity contribution in [2.75, 3.05) is 28.3 Å². The topological polar surface area (TPSA) is 105 Å². The third kappa shape index (κ3) is 5.46. The maximum absolute atomic E-state index is 12.6. The van der Waals surface area contributed by atoms with Crippen molar-refractivity contribution in [3.8, 4) is 5.75 Å². The van der Waals surface area contributed by atoms with Crippen LogP contribution >= 0.6 is 0 Å². The average Bonchev–Trinajstić information content (AvgIpc) is 2.62. The second-order valence-corrected chi connectivity index (χ2v) is 8.04. The fourth-order valence-corrected chi connectivity index (χ4v) is 3.80. The van der Waals surface area contributed by atoms with E-state index in [0.717, 1.165) is 10.6 Å². The number of rotatable bonds is 7. The van der Waals surface area contributed by atoms with Gasteiger partial charge >= 0.3 is 0 Å². The van der Waals surface area contributed by atoms with Crippen molar-refractivity contribution in [3.63, 3.8) is 0 Å². The normalized spacial score (nSPS) is 12.0. The molecule has 0 aliphatic carbocycles. The average molecular weight is 405 g/mol. The van der Waals surface area contributed by atoms with E-state index in [0.29, 0.717) is 22.8 Å². The van der Waals surface area contributed by atoms with E-state index < -0.39 is 22.0 Å². The van der Waals surface area contributed by atoms with Crippen LogP contribution in [0.1, 0.15) is 13.8 Å². The number of methoxy groups -OCH3 is 1. The number of anilines is 3. The lowest BCUT2D eigenvalue weighted by atomic mass is 10.2. The number of nitrogens with zero attached hydrogens (tertiary/aromatic N) is 1. The molecule has 2 aromatic rings. The molecule has 0 radical (unpaired) electrons. The second-order valence-electron chi connectivity index (χ2n) is 6.18. The van der Waals surface area contributed by atoms with Crippen LogP contribution in [0.15, 0.2) is 48.5 Å². The number of carbonyl (C=O) groups excluding carboxylic acids is 2. The minimum absolute atomic E-state index is 0.200. The third-order valence-corrected chi connectivity index (χ3v) is 5.13. The van der Waals surface area contributed by atoms with E-state index in [2.05, 4.69) is 10.6 Å². The summed E-state index contributed by atoms with van der Waals surface area (Å²) in [6.07, 6.45) is 1.04. The highest BCUT2D eigenvalue weighted by atomic mass is 32.2. The summed E-state index contributed by atoms with van der Waals surface area (Å²) in [5.41, 5.74) is 1.43. The molecule has 2 rings (SSSR count). The lowest BCUT2D eigenvalue weighted by Crippen LogP contribution is -2.45. The van der Waals surface area contributed by atoms with E-state index in [9.17, 15) is 18.0 Å². The van der Waals surface area contributed by atoms with Gasteiger partial charge in [0.25, 0.3) is 0 Å². The van der Waals surface area contributed by atoms with Gasteiger partial charge in [-0.25, -0.2) is 8.42 Å². The Labute approximate surface area is 164 Å². The Balaban J connectivity index is 2.20. The van der Waals surface area contributed by atoms with Gasteiger partial charge in [0.1, 0.15) is 11.8 Å². The number of hydrogen-bond donors (Lipinski definition) is 2. The summed E-state index contributed by atoms with van der Waals surface area (Å²) >= 11 is 0. The van der Waals surface area contributed by atoms with Gasteiger partial charge in [-0.15, -0.1) is 0 Å². The molecule has 0 aromatic heterocycles. The molecule has 1 atom stereocenters. The molecular weight excluding hydrogens is 382 g/mol. The van der Waals surface area contributed by atoms with Crippen molar-refractivity contribution in [1.29, 1.82) is 0 Å². The van der Waals surface area contributed by atoms with Crippen molar-refractivity contribution in [3.05, 3.63) is 48.5 Å². The molecule has 0 saturated heterocycles. The molecule has 0 fully saturated rings. The van der Waals surface area contributed by atoms with Gasteiger partial charge in [-0.1, -0.05) is 0 Å². The smallest absolute Gasteiger partial charge is 0.247 e. The minimum Gasteiger partial charge on any atom is -0.497 e. The maximum atomic E-state index is 12.6. The highest BCUT2D eigenvalue weighted by molar-refractivity contribution is 7.92. The Morgan fingerprint density at radius 3 is 1.89 bits per heavy atom. The summed E-state index contributed by atoms with van der Waals surface area (Å²) in [4.78, 5) is 23.7. The number of sulfonamides is 1. The fourth-order valence-electron chi connectivity index (χ4n) is 2.62. The number of carbonyl (C=O) groups is 2. The highest BCUT2D eigenvalue weighted by Crippen LogP contribution is 2.24. The molecule has 0 unspecified atom stereocenters. The zero-order valence-electron chi connectivity index (χ0n) is 16.1. The van der Waals surface area contributed by atoms with Crippen LogP contribution in [0.4, 0.5) is 17.1 Å². The summed E-state index contributed by atoms with van der Waals surface area (Å²) < 4.78 is 30.7. The molecule has 2 aromatic carbocycles. The first kappa shape index (κ1) is 21.2. The lowest BCUT2D eigenvalue weighted by molar-refractivity contribution is -0.117. The predicted octanol–water partition coefficient (Wildman–Crippen LogP) is 2.45. The molecule has 8 nitrogen and oxygen atoms in total. The van der Waals surface area contributed by atoms with Crippen LogP contribution < -0.4 is 19.7 Å². The van der Waals surface area contributed by atoms with Crippen molar-refractivity contribution in [2.45, 2.75) is 19.9 Å². The Morgan fingerprint density at radius 1 is 0.964 bits per heavy atom. The highest BCUT2D eigenvalue weighted by Gasteiger charge is 2.29. The molecule has 2 amide bonds. The molecule has 0 heterocycles. The fraction of sp³-hybridized carbons (Fsp3) is 0.263. The summed E-state index contributed by atoms with van der Waals surface area (Å²) in [6, 6.07) is 11.9. The van der Waals surface area contributed by atoms with E-state index in [1.54, 1.807) is 48.5 Å². The van der Waals surface area contributed by atoms with Crippen molar-refractivity contribution in [1.82, 2.24) is 0 Å². The maximum Gasteiger partial charge on any atom is 0.247 e. The lowest BCUT2D eigenvalue weighted by Gasteiger charge is -2.28. The van der Waals surface area contributed by atoms with Crippen LogP contribution in [0.25, 0.3) is 0 Å². The van der Waals surface area contributed by atoms with Gasteiger partial charge in [-0.3, -0.25) is 13.9 Å². The second kappa shape index (κ2) is 8.75. The van der Waals surface area contributed by atoms with E-state index in [4.69, 9.17) is 4.74 Å². The summed E-state index contributed by atoms with van der Waals surface area (Å²) in [6.45, 7) is 2.91. The summed E-state index contributed by atoms with van der Waals surface area (Å²) in [5, 5.41) is 5.31. The molecule has 0 spiro atoms. The van der Waals surface area contributed by atoms with Crippen LogP contribution in [0.5, 0.6) is 5.75 Å². The summed E-state index contributed by atoms with van der Waals surface area (Å²) in [7, 11) is -2.20. The van der Waals surface area contributed by atoms with Gasteiger partial charge in [-0.2, -0.15) is 0 Å². The predicted molar refractivity (Wildman–Crippen MR) is 109 cm³/mol. The third-order valence-electron chi connectivity index (χ3n) is 3.89. The molecule has 0 aliphatic rings. The van der Waals surface area contributed by atoms with Crippen LogP contribution in [0.3, 0.4) is 0 Å². The molecule has 9 heteroatoms. The first-order chi connectivity index (χ1) is 13.1. The number of ether oxygens (including phenoxy) is 1. The first-order valence-corrected chi connectivity index (χ1v) is 10.3. The molecule has 150 valence electrons. The Morgan fingerprint density at radius 2 is 1.46 bits per heavy atom. The zero-order valence-corrected chi connectivity index (χ0v) is 16.9. The van der Waals surface area contributed by atoms with Crippen LogP contribution in [-0.2, 0) is 19.6 Å². The van der Waals surface area contributed by atoms with Crippen molar-refractivity contribution >= 4 is 38.9 Å². The Hall–Kier alpha value is -3.07. The van der Waals surface area contributed by atoms with E-state index >= 15 is 0 Å². The number of hydrogen-bond acceptors (Lipinski definition) is 5. The number of nitrogens with one attached hydrogen (secondary N) is 2. The molecule has 28 heavy (non-hydrogen) atoms. The van der Waals surface area contributed by atoms with Gasteiger partial charge < -0.3 is 15.4 Å². The van der Waals surface area contributed by atoms with Crippen LogP contribution in [0, 0.1) is 0 Å². The van der Waals surface area contributed by atoms with Gasteiger partial charge in [0.05, 0.1) is 19.1 Å². The summed E-state index contributed by atoms with van der Waals surface area (Å²) in [5.74, 6) is -0.115.